The number of unbranched alkanes of at least 4 members (excludes halogenated alkanes) is 2. The smallest absolute Gasteiger partial charge is 0.332 e. The first-order chi connectivity index (χ1) is 17.9. The summed E-state index contributed by atoms with van der Waals surface area (Å²) in [5.74, 6) is 1.73. The molecule has 1 N–H and O–H groups in total. The van der Waals surface area contributed by atoms with E-state index in [0.29, 0.717) is 36.1 Å². The van der Waals surface area contributed by atoms with E-state index in [0.717, 1.165) is 42.8 Å². The summed E-state index contributed by atoms with van der Waals surface area (Å²) in [6.07, 6.45) is 13.8. The minimum absolute atomic E-state index is 0.00438. The number of rotatable bonds is 11. The average Bonchev–Trinajstić information content (AvgIpc) is 3.39. The fourth-order valence-electron chi connectivity index (χ4n) is 6.82. The molecule has 1 aromatic carbocycles. The number of ether oxygens (including phenoxy) is 1. The molecule has 6 rings (SSSR count). The van der Waals surface area contributed by atoms with Gasteiger partial charge in [0.05, 0.1) is 7.11 Å². The van der Waals surface area contributed by atoms with Crippen LogP contribution in [-0.4, -0.2) is 26.2 Å². The second-order valence-corrected chi connectivity index (χ2v) is 11.5. The molecule has 2 heterocycles. The summed E-state index contributed by atoms with van der Waals surface area (Å²) >= 11 is 0. The third-order valence-electron chi connectivity index (χ3n) is 9.31. The van der Waals surface area contributed by atoms with Gasteiger partial charge in [-0.1, -0.05) is 45.2 Å². The van der Waals surface area contributed by atoms with Crippen LogP contribution in [0.3, 0.4) is 0 Å². The molecule has 200 valence electrons. The molecule has 0 amide bonds. The highest BCUT2D eigenvalue weighted by molar-refractivity contribution is 5.70. The van der Waals surface area contributed by atoms with Crippen LogP contribution in [0.2, 0.25) is 0 Å². The molecule has 0 unspecified atom stereocenters. The molecule has 0 saturated heterocycles. The minimum Gasteiger partial charge on any atom is -0.497 e. The van der Waals surface area contributed by atoms with E-state index < -0.39 is 0 Å². The number of methoxy groups -OCH3 is 1. The van der Waals surface area contributed by atoms with Crippen molar-refractivity contribution in [2.75, 3.05) is 7.11 Å². The number of aromatic amines is 1. The molecule has 37 heavy (non-hydrogen) atoms. The van der Waals surface area contributed by atoms with Crippen LogP contribution in [0, 0.1) is 5.41 Å². The lowest BCUT2D eigenvalue weighted by Gasteiger charge is -2.53. The Kier molecular flexibility index (Phi) is 7.32. The number of H-pyrrole nitrogens is 1. The number of fused-ring (bicyclic) bond motifs is 4. The van der Waals surface area contributed by atoms with Gasteiger partial charge >= 0.3 is 5.69 Å². The lowest BCUT2D eigenvalue weighted by atomic mass is 9.52. The number of aromatic nitrogens is 4. The quantitative estimate of drug-likeness (QED) is 0.337. The molecule has 3 saturated carbocycles. The standard InChI is InChI=1S/C30H42N4O3/c1-4-6-7-13-29-14-17-30(18-15-29,19-16-29)27-31-24-25(32-27)33(28(36)34(20-5-2)26(24)35)21-12-22-8-10-23(37-3)11-9-22/h8-11H,4-7,12-21H2,1-3H3,(H,31,32). The van der Waals surface area contributed by atoms with Gasteiger partial charge in [0.1, 0.15) is 17.1 Å². The number of nitrogens with zero attached hydrogens (tertiary/aromatic N) is 3. The molecule has 3 aromatic rings. The zero-order valence-corrected chi connectivity index (χ0v) is 22.8. The van der Waals surface area contributed by atoms with Gasteiger partial charge in [-0.3, -0.25) is 13.9 Å². The highest BCUT2D eigenvalue weighted by Gasteiger charge is 2.50. The van der Waals surface area contributed by atoms with Crippen LogP contribution in [0.1, 0.15) is 95.9 Å². The zero-order chi connectivity index (χ0) is 26.0. The Labute approximate surface area is 219 Å². The van der Waals surface area contributed by atoms with E-state index in [1.54, 1.807) is 11.7 Å². The van der Waals surface area contributed by atoms with Crippen LogP contribution < -0.4 is 16.0 Å². The van der Waals surface area contributed by atoms with Crippen molar-refractivity contribution in [2.24, 2.45) is 5.41 Å². The summed E-state index contributed by atoms with van der Waals surface area (Å²) in [5.41, 5.74) is 2.14. The maximum Gasteiger partial charge on any atom is 0.332 e. The number of hydrogen-bond acceptors (Lipinski definition) is 4. The van der Waals surface area contributed by atoms with E-state index in [-0.39, 0.29) is 16.7 Å². The van der Waals surface area contributed by atoms with Crippen molar-refractivity contribution in [1.29, 1.82) is 0 Å². The first-order valence-electron chi connectivity index (χ1n) is 14.3. The van der Waals surface area contributed by atoms with Crippen LogP contribution in [0.15, 0.2) is 33.9 Å². The number of imidazole rings is 1. The Morgan fingerprint density at radius 2 is 1.62 bits per heavy atom. The summed E-state index contributed by atoms with van der Waals surface area (Å²) in [7, 11) is 1.65. The van der Waals surface area contributed by atoms with E-state index in [2.05, 4.69) is 11.9 Å². The first-order valence-corrected chi connectivity index (χ1v) is 14.3. The van der Waals surface area contributed by atoms with Gasteiger partial charge in [0.2, 0.25) is 0 Å². The summed E-state index contributed by atoms with van der Waals surface area (Å²) in [6, 6.07) is 7.92. The van der Waals surface area contributed by atoms with Crippen molar-refractivity contribution in [1.82, 2.24) is 19.1 Å². The van der Waals surface area contributed by atoms with Gasteiger partial charge in [-0.15, -0.1) is 0 Å². The van der Waals surface area contributed by atoms with Crippen molar-refractivity contribution < 1.29 is 4.74 Å². The van der Waals surface area contributed by atoms with Crippen LogP contribution in [-0.2, 0) is 24.9 Å². The van der Waals surface area contributed by atoms with Crippen molar-refractivity contribution in [2.45, 2.75) is 109 Å². The summed E-state index contributed by atoms with van der Waals surface area (Å²) in [5, 5.41) is 0. The topological polar surface area (TPSA) is 81.9 Å². The van der Waals surface area contributed by atoms with Crippen molar-refractivity contribution in [3.05, 3.63) is 56.5 Å². The summed E-state index contributed by atoms with van der Waals surface area (Å²) in [6.45, 7) is 5.16. The Morgan fingerprint density at radius 3 is 2.24 bits per heavy atom. The monoisotopic (exact) mass is 506 g/mol. The van der Waals surface area contributed by atoms with Crippen molar-refractivity contribution in [3.8, 4) is 5.75 Å². The average molecular weight is 507 g/mol. The molecular formula is C30H42N4O3. The Bertz CT molecular complexity index is 1320. The molecule has 3 aliphatic carbocycles. The molecule has 2 aromatic heterocycles. The van der Waals surface area contributed by atoms with Gasteiger partial charge in [0, 0.05) is 18.5 Å². The number of aryl methyl sites for hydroxylation is 2. The minimum atomic E-state index is -0.259. The largest absolute Gasteiger partial charge is 0.497 e. The Balaban J connectivity index is 1.47. The third kappa shape index (κ3) is 4.77. The Morgan fingerprint density at radius 1 is 0.919 bits per heavy atom. The predicted octanol–water partition coefficient (Wildman–Crippen LogP) is 5.72. The van der Waals surface area contributed by atoms with Gasteiger partial charge in [0.15, 0.2) is 5.65 Å². The second-order valence-electron chi connectivity index (χ2n) is 11.5. The number of hydrogen-bond donors (Lipinski definition) is 1. The number of benzene rings is 1. The van der Waals surface area contributed by atoms with Crippen molar-refractivity contribution in [3.63, 3.8) is 0 Å². The molecule has 7 heteroatoms. The number of nitrogens with one attached hydrogen (secondary N) is 1. The molecule has 7 nitrogen and oxygen atoms in total. The van der Waals surface area contributed by atoms with E-state index in [1.165, 1.54) is 49.5 Å². The molecule has 3 fully saturated rings. The first kappa shape index (κ1) is 25.8. The van der Waals surface area contributed by atoms with Crippen LogP contribution >= 0.6 is 0 Å². The molecule has 3 aliphatic rings. The third-order valence-corrected chi connectivity index (χ3v) is 9.31. The fourth-order valence-corrected chi connectivity index (χ4v) is 6.82. The maximum atomic E-state index is 13.5. The molecule has 0 spiro atoms. The van der Waals surface area contributed by atoms with Crippen LogP contribution in [0.5, 0.6) is 5.75 Å². The highest BCUT2D eigenvalue weighted by atomic mass is 16.5. The van der Waals surface area contributed by atoms with E-state index >= 15 is 0 Å². The van der Waals surface area contributed by atoms with Crippen LogP contribution in [0.25, 0.3) is 11.2 Å². The lowest BCUT2D eigenvalue weighted by Crippen LogP contribution is -2.44. The maximum absolute atomic E-state index is 13.5. The zero-order valence-electron chi connectivity index (χ0n) is 22.8. The Hall–Kier alpha value is -2.83. The molecule has 2 bridgehead atoms. The highest BCUT2D eigenvalue weighted by Crippen LogP contribution is 2.59. The summed E-state index contributed by atoms with van der Waals surface area (Å²) in [4.78, 5) is 35.4. The van der Waals surface area contributed by atoms with Gasteiger partial charge in [-0.25, -0.2) is 9.78 Å². The van der Waals surface area contributed by atoms with Crippen molar-refractivity contribution >= 4 is 11.2 Å². The molecule has 0 atom stereocenters. The van der Waals surface area contributed by atoms with Gasteiger partial charge in [-0.05, 0) is 80.9 Å². The van der Waals surface area contributed by atoms with Gasteiger partial charge in [0.25, 0.3) is 5.56 Å². The van der Waals surface area contributed by atoms with E-state index in [9.17, 15) is 9.59 Å². The summed E-state index contributed by atoms with van der Waals surface area (Å²) < 4.78 is 8.37. The predicted molar refractivity (Wildman–Crippen MR) is 148 cm³/mol. The second kappa shape index (κ2) is 10.5. The fraction of sp³-hybridized carbons (Fsp3) is 0.633. The molecule has 0 radical (unpaired) electrons. The van der Waals surface area contributed by atoms with Gasteiger partial charge in [-0.2, -0.15) is 0 Å². The molecule has 0 aliphatic heterocycles. The SMILES string of the molecule is CCCCCC12CCC(c3nc4c([nH]3)c(=O)n(CCC)c(=O)n4CCc3ccc(OC)cc3)(CC1)CC2. The van der Waals surface area contributed by atoms with Gasteiger partial charge < -0.3 is 9.72 Å². The lowest BCUT2D eigenvalue weighted by molar-refractivity contribution is 0.0269. The van der Waals surface area contributed by atoms with E-state index in [4.69, 9.17) is 9.72 Å². The molecular weight excluding hydrogens is 464 g/mol. The van der Waals surface area contributed by atoms with Crippen LogP contribution in [0.4, 0.5) is 0 Å². The van der Waals surface area contributed by atoms with E-state index in [1.807, 2.05) is 31.2 Å². The normalized spacial score (nSPS) is 23.1.